The Morgan fingerprint density at radius 2 is 1.95 bits per heavy atom. The number of nitrogens with one attached hydrogen (secondary N) is 1. The molecule has 1 N–H and O–H groups in total. The van der Waals surface area contributed by atoms with E-state index >= 15 is 0 Å². The van der Waals surface area contributed by atoms with Crippen LogP contribution in [0, 0.1) is 0 Å². The van der Waals surface area contributed by atoms with Gasteiger partial charge in [0.1, 0.15) is 0 Å². The third-order valence-corrected chi connectivity index (χ3v) is 3.61. The summed E-state index contributed by atoms with van der Waals surface area (Å²) in [4.78, 5) is 14.5. The monoisotopic (exact) mass is 271 g/mol. The highest BCUT2D eigenvalue weighted by Crippen LogP contribution is 2.18. The van der Waals surface area contributed by atoms with Crippen LogP contribution in [0.2, 0.25) is 0 Å². The van der Waals surface area contributed by atoms with Gasteiger partial charge in [-0.05, 0) is 30.2 Å². The molecule has 1 amide bonds. The van der Waals surface area contributed by atoms with Gasteiger partial charge in [-0.2, -0.15) is 5.21 Å². The largest absolute Gasteiger partial charge is 0.339 e. The molecule has 1 aliphatic rings. The summed E-state index contributed by atoms with van der Waals surface area (Å²) in [6, 6.07) is 7.41. The Hall–Kier alpha value is -2.24. The van der Waals surface area contributed by atoms with Crippen LogP contribution in [0.4, 0.5) is 0 Å². The first-order valence-corrected chi connectivity index (χ1v) is 6.98. The molecular formula is C14H17N5O. The molecule has 0 bridgehead atoms. The van der Waals surface area contributed by atoms with Crippen molar-refractivity contribution in [2.24, 2.45) is 0 Å². The van der Waals surface area contributed by atoms with Gasteiger partial charge < -0.3 is 4.90 Å². The van der Waals surface area contributed by atoms with Gasteiger partial charge >= 0.3 is 0 Å². The Kier molecular flexibility index (Phi) is 3.71. The van der Waals surface area contributed by atoms with Crippen LogP contribution in [0.15, 0.2) is 24.3 Å². The Bertz CT molecular complexity index is 573. The number of rotatable bonds is 2. The lowest BCUT2D eigenvalue weighted by molar-refractivity contribution is 0.0761. The smallest absolute Gasteiger partial charge is 0.253 e. The molecule has 6 nitrogen and oxygen atoms in total. The normalized spacial score (nSPS) is 15.9. The molecule has 2 aromatic rings. The van der Waals surface area contributed by atoms with E-state index in [9.17, 15) is 4.79 Å². The van der Waals surface area contributed by atoms with E-state index in [1.54, 1.807) is 0 Å². The van der Waals surface area contributed by atoms with Crippen molar-refractivity contribution in [2.45, 2.75) is 25.7 Å². The van der Waals surface area contributed by atoms with E-state index in [0.29, 0.717) is 11.4 Å². The fraction of sp³-hybridized carbons (Fsp3) is 0.429. The van der Waals surface area contributed by atoms with E-state index in [1.807, 2.05) is 29.2 Å². The van der Waals surface area contributed by atoms with Gasteiger partial charge in [0.2, 0.25) is 5.82 Å². The third-order valence-electron chi connectivity index (χ3n) is 3.61. The molecule has 1 aromatic heterocycles. The average Bonchev–Trinajstić information content (AvgIpc) is 2.89. The fourth-order valence-electron chi connectivity index (χ4n) is 2.53. The van der Waals surface area contributed by atoms with Gasteiger partial charge in [-0.1, -0.05) is 25.0 Å². The minimum absolute atomic E-state index is 0.0947. The van der Waals surface area contributed by atoms with Crippen LogP contribution in [0.25, 0.3) is 11.4 Å². The van der Waals surface area contributed by atoms with Gasteiger partial charge in [-0.3, -0.25) is 4.79 Å². The third kappa shape index (κ3) is 2.68. The topological polar surface area (TPSA) is 74.8 Å². The second kappa shape index (κ2) is 5.81. The molecule has 1 saturated heterocycles. The van der Waals surface area contributed by atoms with Crippen molar-refractivity contribution in [1.29, 1.82) is 0 Å². The van der Waals surface area contributed by atoms with Gasteiger partial charge in [0.15, 0.2) is 0 Å². The number of hydrogen-bond acceptors (Lipinski definition) is 4. The zero-order chi connectivity index (χ0) is 13.8. The molecule has 0 unspecified atom stereocenters. The van der Waals surface area contributed by atoms with E-state index in [-0.39, 0.29) is 5.91 Å². The molecule has 104 valence electrons. The number of carbonyl (C=O) groups is 1. The summed E-state index contributed by atoms with van der Waals surface area (Å²) in [7, 11) is 0. The van der Waals surface area contributed by atoms with Crippen molar-refractivity contribution in [3.05, 3.63) is 29.8 Å². The Morgan fingerprint density at radius 1 is 1.15 bits per heavy atom. The molecule has 1 fully saturated rings. The van der Waals surface area contributed by atoms with Gasteiger partial charge in [-0.25, -0.2) is 0 Å². The molecule has 6 heteroatoms. The van der Waals surface area contributed by atoms with Gasteiger partial charge in [-0.15, -0.1) is 10.2 Å². The molecule has 0 aliphatic carbocycles. The van der Waals surface area contributed by atoms with Crippen LogP contribution in [0.5, 0.6) is 0 Å². The molecule has 0 spiro atoms. The quantitative estimate of drug-likeness (QED) is 0.905. The maximum absolute atomic E-state index is 12.5. The summed E-state index contributed by atoms with van der Waals surface area (Å²) in [5, 5.41) is 13.9. The number of aromatic nitrogens is 4. The van der Waals surface area contributed by atoms with Crippen LogP contribution < -0.4 is 0 Å². The molecular weight excluding hydrogens is 254 g/mol. The number of H-pyrrole nitrogens is 1. The summed E-state index contributed by atoms with van der Waals surface area (Å²) >= 11 is 0. The highest BCUT2D eigenvalue weighted by molar-refractivity contribution is 5.95. The summed E-state index contributed by atoms with van der Waals surface area (Å²) in [5.41, 5.74) is 1.49. The van der Waals surface area contributed by atoms with E-state index < -0.39 is 0 Å². The molecule has 1 aromatic carbocycles. The van der Waals surface area contributed by atoms with E-state index in [1.165, 1.54) is 12.8 Å². The number of carbonyl (C=O) groups excluding carboxylic acids is 1. The lowest BCUT2D eigenvalue weighted by Gasteiger charge is -2.20. The van der Waals surface area contributed by atoms with Crippen LogP contribution in [0.1, 0.15) is 36.0 Å². The molecule has 20 heavy (non-hydrogen) atoms. The average molecular weight is 271 g/mol. The fourth-order valence-corrected chi connectivity index (χ4v) is 2.53. The Morgan fingerprint density at radius 3 is 2.65 bits per heavy atom. The lowest BCUT2D eigenvalue weighted by atomic mass is 10.1. The summed E-state index contributed by atoms with van der Waals surface area (Å²) in [5.74, 6) is 0.604. The zero-order valence-corrected chi connectivity index (χ0v) is 11.2. The molecule has 0 saturated carbocycles. The minimum atomic E-state index is 0.0947. The lowest BCUT2D eigenvalue weighted by Crippen LogP contribution is -2.31. The van der Waals surface area contributed by atoms with Gasteiger partial charge in [0.25, 0.3) is 5.91 Å². The second-order valence-corrected chi connectivity index (χ2v) is 5.02. The number of tetrazole rings is 1. The molecule has 0 atom stereocenters. The predicted molar refractivity (Wildman–Crippen MR) is 74.0 cm³/mol. The number of aromatic amines is 1. The standard InChI is InChI=1S/C14H17N5O/c20-14(19-8-3-1-2-4-9-19)12-7-5-6-11(10-12)13-15-17-18-16-13/h5-7,10H,1-4,8-9H2,(H,15,16,17,18). The minimum Gasteiger partial charge on any atom is -0.339 e. The number of hydrogen-bond donors (Lipinski definition) is 1. The second-order valence-electron chi connectivity index (χ2n) is 5.02. The number of benzene rings is 1. The molecule has 2 heterocycles. The van der Waals surface area contributed by atoms with Crippen molar-refractivity contribution in [3.8, 4) is 11.4 Å². The van der Waals surface area contributed by atoms with Crippen molar-refractivity contribution >= 4 is 5.91 Å². The summed E-state index contributed by atoms with van der Waals surface area (Å²) in [6.45, 7) is 1.70. The Balaban J connectivity index is 1.82. The van der Waals surface area contributed by atoms with E-state index in [0.717, 1.165) is 31.5 Å². The van der Waals surface area contributed by atoms with Crippen LogP contribution in [0.3, 0.4) is 0 Å². The van der Waals surface area contributed by atoms with Crippen LogP contribution in [-0.4, -0.2) is 44.5 Å². The molecule has 0 radical (unpaired) electrons. The van der Waals surface area contributed by atoms with Crippen LogP contribution in [-0.2, 0) is 0 Å². The molecule has 3 rings (SSSR count). The zero-order valence-electron chi connectivity index (χ0n) is 11.2. The first-order chi connectivity index (χ1) is 9.84. The maximum atomic E-state index is 12.5. The maximum Gasteiger partial charge on any atom is 0.253 e. The van der Waals surface area contributed by atoms with Gasteiger partial charge in [0.05, 0.1) is 0 Å². The predicted octanol–water partition coefficient (Wildman–Crippen LogP) is 1.88. The first kappa shape index (κ1) is 12.8. The van der Waals surface area contributed by atoms with Crippen molar-refractivity contribution in [2.75, 3.05) is 13.1 Å². The molecule has 1 aliphatic heterocycles. The number of likely N-dealkylation sites (tertiary alicyclic amines) is 1. The van der Waals surface area contributed by atoms with E-state index in [2.05, 4.69) is 20.6 Å². The van der Waals surface area contributed by atoms with Crippen LogP contribution >= 0.6 is 0 Å². The number of nitrogens with zero attached hydrogens (tertiary/aromatic N) is 4. The van der Waals surface area contributed by atoms with Crippen molar-refractivity contribution in [1.82, 2.24) is 25.5 Å². The first-order valence-electron chi connectivity index (χ1n) is 6.98. The summed E-state index contributed by atoms with van der Waals surface area (Å²) < 4.78 is 0. The van der Waals surface area contributed by atoms with E-state index in [4.69, 9.17) is 0 Å². The summed E-state index contributed by atoms with van der Waals surface area (Å²) in [6.07, 6.45) is 4.62. The highest BCUT2D eigenvalue weighted by Gasteiger charge is 2.18. The van der Waals surface area contributed by atoms with Gasteiger partial charge in [0, 0.05) is 24.2 Å². The SMILES string of the molecule is O=C(c1cccc(-c2nn[nH]n2)c1)N1CCCCCC1. The Labute approximate surface area is 117 Å². The highest BCUT2D eigenvalue weighted by atomic mass is 16.2. The number of amides is 1. The van der Waals surface area contributed by atoms with Crippen molar-refractivity contribution in [3.63, 3.8) is 0 Å². The van der Waals surface area contributed by atoms with Crippen molar-refractivity contribution < 1.29 is 4.79 Å².